The molecule has 13 heteroatoms. The van der Waals surface area contributed by atoms with Crippen LogP contribution in [-0.4, -0.2) is 118 Å². The van der Waals surface area contributed by atoms with Crippen molar-refractivity contribution in [3.8, 4) is 11.5 Å². The van der Waals surface area contributed by atoms with Crippen molar-refractivity contribution in [3.63, 3.8) is 0 Å². The minimum Gasteiger partial charge on any atom is -0.497 e. The van der Waals surface area contributed by atoms with Crippen LogP contribution in [0.2, 0.25) is 0 Å². The molecule has 0 aromatic heterocycles. The summed E-state index contributed by atoms with van der Waals surface area (Å²) in [5, 5.41) is 12.8. The Morgan fingerprint density at radius 2 is 1.88 bits per heavy atom. The van der Waals surface area contributed by atoms with Gasteiger partial charge in [0, 0.05) is 51.3 Å². The molecule has 43 heavy (non-hydrogen) atoms. The van der Waals surface area contributed by atoms with Crippen molar-refractivity contribution < 1.29 is 37.3 Å². The van der Waals surface area contributed by atoms with Crippen LogP contribution < -0.4 is 14.8 Å². The molecule has 0 saturated carbocycles. The molecule has 0 spiro atoms. The third-order valence-corrected chi connectivity index (χ3v) is 9.75. The number of carbonyl (C=O) groups excluding carboxylic acids is 2. The minimum atomic E-state index is -3.85. The number of nitrogens with zero attached hydrogens (tertiary/aromatic N) is 3. The number of methoxy groups -OCH3 is 1. The van der Waals surface area contributed by atoms with Gasteiger partial charge >= 0.3 is 0 Å². The predicted octanol–water partition coefficient (Wildman–Crippen LogP) is 1.90. The standard InChI is InChI=1S/C30H42N4O8S/c1-21-18-34(22(2)20-35)30(37)26-17-23(31-29(36)11-12-33-13-15-41-16-14-33)5-10-27(26)42-28(21)19-32(3)43(38,39)25-8-6-24(40-4)7-9-25/h5-10,17,21-22,28,35H,11-16,18-20H2,1-4H3,(H,31,36)/t21-,22-,28+/m0/s1. The first kappa shape index (κ1) is 32.7. The number of aliphatic hydroxyl groups excluding tert-OH is 1. The average molecular weight is 619 g/mol. The van der Waals surface area contributed by atoms with Crippen molar-refractivity contribution in [3.05, 3.63) is 48.0 Å². The van der Waals surface area contributed by atoms with Crippen LogP contribution in [0, 0.1) is 5.92 Å². The second-order valence-corrected chi connectivity index (χ2v) is 13.1. The first-order valence-corrected chi connectivity index (χ1v) is 15.9. The molecule has 2 amide bonds. The minimum absolute atomic E-state index is 0.0184. The third kappa shape index (κ3) is 8.03. The number of carbonyl (C=O) groups is 2. The van der Waals surface area contributed by atoms with E-state index < -0.39 is 22.2 Å². The van der Waals surface area contributed by atoms with Crippen LogP contribution in [0.4, 0.5) is 5.69 Å². The number of fused-ring (bicyclic) bond motifs is 1. The summed E-state index contributed by atoms with van der Waals surface area (Å²) in [4.78, 5) is 30.3. The highest BCUT2D eigenvalue weighted by Crippen LogP contribution is 2.31. The lowest BCUT2D eigenvalue weighted by Gasteiger charge is -2.38. The summed E-state index contributed by atoms with van der Waals surface area (Å²) < 4.78 is 44.8. The first-order chi connectivity index (χ1) is 20.5. The summed E-state index contributed by atoms with van der Waals surface area (Å²) in [5.41, 5.74) is 0.674. The van der Waals surface area contributed by atoms with Crippen molar-refractivity contribution in [1.82, 2.24) is 14.1 Å². The highest BCUT2D eigenvalue weighted by molar-refractivity contribution is 7.89. The quantitative estimate of drug-likeness (QED) is 0.387. The molecule has 0 aliphatic carbocycles. The van der Waals surface area contributed by atoms with Gasteiger partial charge in [0.25, 0.3) is 5.91 Å². The van der Waals surface area contributed by atoms with Gasteiger partial charge in [0.1, 0.15) is 17.6 Å². The molecule has 12 nitrogen and oxygen atoms in total. The Kier molecular flexibility index (Phi) is 11.0. The van der Waals surface area contributed by atoms with Crippen LogP contribution >= 0.6 is 0 Å². The molecule has 236 valence electrons. The van der Waals surface area contributed by atoms with E-state index in [1.807, 2.05) is 6.92 Å². The molecule has 2 N–H and O–H groups in total. The molecule has 1 fully saturated rings. The lowest BCUT2D eigenvalue weighted by Crippen LogP contribution is -2.50. The fourth-order valence-electron chi connectivity index (χ4n) is 5.11. The van der Waals surface area contributed by atoms with E-state index in [1.165, 1.54) is 30.6 Å². The molecule has 1 saturated heterocycles. The Morgan fingerprint density at radius 3 is 2.53 bits per heavy atom. The largest absolute Gasteiger partial charge is 0.497 e. The Labute approximate surface area is 253 Å². The molecule has 0 unspecified atom stereocenters. The lowest BCUT2D eigenvalue weighted by atomic mass is 9.99. The van der Waals surface area contributed by atoms with Gasteiger partial charge in [0.05, 0.1) is 50.0 Å². The monoisotopic (exact) mass is 618 g/mol. The normalized spacial score (nSPS) is 20.5. The zero-order chi connectivity index (χ0) is 31.1. The molecule has 2 heterocycles. The van der Waals surface area contributed by atoms with Gasteiger partial charge < -0.3 is 29.5 Å². The molecule has 2 aliphatic rings. The fourth-order valence-corrected chi connectivity index (χ4v) is 6.29. The molecule has 2 aliphatic heterocycles. The van der Waals surface area contributed by atoms with Crippen LogP contribution in [-0.2, 0) is 19.6 Å². The van der Waals surface area contributed by atoms with E-state index in [0.717, 1.165) is 13.1 Å². The van der Waals surface area contributed by atoms with Crippen LogP contribution in [0.1, 0.15) is 30.6 Å². The van der Waals surface area contributed by atoms with E-state index in [4.69, 9.17) is 14.2 Å². The summed E-state index contributed by atoms with van der Waals surface area (Å²) in [7, 11) is -0.845. The van der Waals surface area contributed by atoms with Crippen molar-refractivity contribution in [1.29, 1.82) is 0 Å². The molecule has 0 bridgehead atoms. The van der Waals surface area contributed by atoms with Crippen LogP contribution in [0.15, 0.2) is 47.4 Å². The molecule has 3 atom stereocenters. The predicted molar refractivity (Wildman–Crippen MR) is 161 cm³/mol. The van der Waals surface area contributed by atoms with Crippen molar-refractivity contribution >= 4 is 27.5 Å². The van der Waals surface area contributed by atoms with E-state index in [-0.39, 0.29) is 53.6 Å². The van der Waals surface area contributed by atoms with Crippen LogP contribution in [0.3, 0.4) is 0 Å². The Hall–Kier alpha value is -3.23. The summed E-state index contributed by atoms with van der Waals surface area (Å²) in [5.74, 6) is 0.0246. The zero-order valence-electron chi connectivity index (χ0n) is 25.2. The smallest absolute Gasteiger partial charge is 0.258 e. The number of hydrogen-bond acceptors (Lipinski definition) is 9. The Bertz CT molecular complexity index is 1360. The van der Waals surface area contributed by atoms with Crippen LogP contribution in [0.5, 0.6) is 11.5 Å². The molecular formula is C30H42N4O8S. The van der Waals surface area contributed by atoms with Gasteiger partial charge in [-0.25, -0.2) is 8.42 Å². The number of rotatable bonds is 11. The van der Waals surface area contributed by atoms with E-state index >= 15 is 0 Å². The second kappa shape index (κ2) is 14.5. The number of ether oxygens (including phenoxy) is 3. The summed E-state index contributed by atoms with van der Waals surface area (Å²) in [6.45, 7) is 7.12. The topological polar surface area (TPSA) is 138 Å². The molecule has 2 aromatic carbocycles. The highest BCUT2D eigenvalue weighted by atomic mass is 32.2. The van der Waals surface area contributed by atoms with E-state index in [9.17, 15) is 23.1 Å². The van der Waals surface area contributed by atoms with E-state index in [1.54, 1.807) is 42.2 Å². The lowest BCUT2D eigenvalue weighted by molar-refractivity contribution is -0.116. The fraction of sp³-hybridized carbons (Fsp3) is 0.533. The van der Waals surface area contributed by atoms with Crippen molar-refractivity contribution in [2.75, 3.05) is 72.0 Å². The van der Waals surface area contributed by atoms with Crippen LogP contribution in [0.25, 0.3) is 0 Å². The van der Waals surface area contributed by atoms with E-state index in [2.05, 4.69) is 10.2 Å². The van der Waals surface area contributed by atoms with Gasteiger partial charge in [-0.05, 0) is 49.4 Å². The maximum atomic E-state index is 13.7. The van der Waals surface area contributed by atoms with Gasteiger partial charge in [-0.3, -0.25) is 14.5 Å². The van der Waals surface area contributed by atoms with Gasteiger partial charge in [-0.15, -0.1) is 0 Å². The number of benzene rings is 2. The van der Waals surface area contributed by atoms with Gasteiger partial charge in [-0.1, -0.05) is 6.92 Å². The number of aliphatic hydroxyl groups is 1. The number of amides is 2. The number of hydrogen-bond donors (Lipinski definition) is 2. The van der Waals surface area contributed by atoms with Gasteiger partial charge in [0.15, 0.2) is 0 Å². The highest BCUT2D eigenvalue weighted by Gasteiger charge is 2.35. The second-order valence-electron chi connectivity index (χ2n) is 11.0. The Morgan fingerprint density at radius 1 is 1.19 bits per heavy atom. The number of anilines is 1. The first-order valence-electron chi connectivity index (χ1n) is 14.5. The summed E-state index contributed by atoms with van der Waals surface area (Å²) >= 11 is 0. The molecular weight excluding hydrogens is 576 g/mol. The maximum absolute atomic E-state index is 13.7. The number of nitrogens with one attached hydrogen (secondary N) is 1. The van der Waals surface area contributed by atoms with E-state index in [0.29, 0.717) is 37.6 Å². The molecule has 0 radical (unpaired) electrons. The van der Waals surface area contributed by atoms with Crippen molar-refractivity contribution in [2.24, 2.45) is 5.92 Å². The maximum Gasteiger partial charge on any atom is 0.258 e. The third-order valence-electron chi connectivity index (χ3n) is 7.91. The summed E-state index contributed by atoms with van der Waals surface area (Å²) in [6, 6.07) is 10.5. The SMILES string of the molecule is COc1ccc(S(=O)(=O)N(C)C[C@H]2Oc3ccc(NC(=O)CCN4CCOCC4)cc3C(=O)N([C@@H](C)CO)C[C@@H]2C)cc1. The number of morpholine rings is 1. The molecule has 2 aromatic rings. The van der Waals surface area contributed by atoms with Gasteiger partial charge in [0.2, 0.25) is 15.9 Å². The number of likely N-dealkylation sites (N-methyl/N-ethyl adjacent to an activating group) is 1. The zero-order valence-corrected chi connectivity index (χ0v) is 26.0. The van der Waals surface area contributed by atoms with Crippen molar-refractivity contribution in [2.45, 2.75) is 37.3 Å². The van der Waals surface area contributed by atoms with Gasteiger partial charge in [-0.2, -0.15) is 4.31 Å². The summed E-state index contributed by atoms with van der Waals surface area (Å²) in [6.07, 6.45) is -0.323. The molecule has 4 rings (SSSR count). The average Bonchev–Trinajstić information content (AvgIpc) is 3.02. The number of sulfonamides is 1. The Balaban J connectivity index is 1.55.